The van der Waals surface area contributed by atoms with Crippen LogP contribution in [0, 0.1) is 6.92 Å². The molecule has 0 aliphatic heterocycles. The van der Waals surface area contributed by atoms with Crippen LogP contribution in [0.2, 0.25) is 0 Å². The van der Waals surface area contributed by atoms with Gasteiger partial charge in [-0.05, 0) is 260 Å². The van der Waals surface area contributed by atoms with Crippen LogP contribution in [0.1, 0.15) is 67.7 Å². The summed E-state index contributed by atoms with van der Waals surface area (Å²) in [4.78, 5) is 162. The summed E-state index contributed by atoms with van der Waals surface area (Å²) < 4.78 is 112. The lowest BCUT2D eigenvalue weighted by molar-refractivity contribution is -0.145. The van der Waals surface area contributed by atoms with Gasteiger partial charge in [0.1, 0.15) is 80.5 Å². The summed E-state index contributed by atoms with van der Waals surface area (Å²) in [5.74, 6) is -3.22. The van der Waals surface area contributed by atoms with Crippen LogP contribution in [-0.4, -0.2) is 138 Å². The Morgan fingerprint density at radius 3 is 0.504 bits per heavy atom. The van der Waals surface area contributed by atoms with Gasteiger partial charge in [0, 0.05) is 48.6 Å². The van der Waals surface area contributed by atoms with Crippen molar-refractivity contribution in [1.82, 2.24) is 0 Å². The summed E-state index contributed by atoms with van der Waals surface area (Å²) in [6, 6.07) is 67.5. The Labute approximate surface area is 804 Å². The van der Waals surface area contributed by atoms with E-state index in [-0.39, 0.29) is 99.6 Å². The van der Waals surface area contributed by atoms with Gasteiger partial charge in [-0.25, -0.2) is 67.1 Å². The smallest absolute Gasteiger partial charge is 0.343 e. The molecule has 0 aliphatic carbocycles. The van der Waals surface area contributed by atoms with Crippen LogP contribution >= 0.6 is 0 Å². The molecule has 0 spiro atoms. The Kier molecular flexibility index (Phi) is 43.6. The molecule has 0 atom stereocenters. The van der Waals surface area contributed by atoms with E-state index in [1.54, 1.807) is 85.8 Å². The van der Waals surface area contributed by atoms with Crippen molar-refractivity contribution in [1.29, 1.82) is 0 Å². The third kappa shape index (κ3) is 38.4. The first-order chi connectivity index (χ1) is 68.1. The Bertz CT molecular complexity index is 6110. The molecule has 722 valence electrons. The zero-order valence-corrected chi connectivity index (χ0v) is 75.0. The van der Waals surface area contributed by atoms with Crippen LogP contribution in [0.15, 0.2) is 362 Å². The van der Waals surface area contributed by atoms with Crippen molar-refractivity contribution < 1.29 is 171 Å². The van der Waals surface area contributed by atoms with Gasteiger partial charge in [0.2, 0.25) is 54.3 Å². The van der Waals surface area contributed by atoms with Crippen molar-refractivity contribution in [3.05, 3.63) is 401 Å². The predicted octanol–water partition coefficient (Wildman–Crippen LogP) is 16.6. The quantitative estimate of drug-likeness (QED) is 0.0112. The number of hydrogen-bond acceptors (Lipinski definition) is 36. The number of carbonyl (C=O) groups excluding carboxylic acids is 14. The highest BCUT2D eigenvalue weighted by Crippen LogP contribution is 2.30. The molecule has 0 bridgehead atoms. The first-order valence-electron chi connectivity index (χ1n) is 41.0. The topological polar surface area (TPSA) is 442 Å². The second-order valence-corrected chi connectivity index (χ2v) is 26.8. The SMILES string of the molecule is C=CC(=O)OCOc1ccc(C(=O)Oc2ccc(-c3ccc(OCOC(=O)C=C)cc3)cc2)cc1.C=CC(=O)OCOc1ccc(C(=O)Oc2ccc(OC(=O)c3ccc(OCOC(=O)C=C)cc3)c(C)c2)cc1.C=CC(=O)OCOc1ccc(C(=O)Oc2ccc(OC(=O)c3ccc(OCOC(=O)C=C)cc3)cc2)cc1.C=CC(=O)OCOc1ccc(OC(=O)c2ccc(OCOC(=O)C=C)cc2)cc1. The normalized spacial score (nSPS) is 9.88. The first-order valence-corrected chi connectivity index (χ1v) is 41.0. The molecule has 0 aliphatic rings. The van der Waals surface area contributed by atoms with Crippen molar-refractivity contribution >= 4 is 83.6 Å². The van der Waals surface area contributed by atoms with E-state index < -0.39 is 83.6 Å². The molecule has 0 amide bonds. The molecule has 11 aromatic rings. The Hall–Kier alpha value is -19.7. The van der Waals surface area contributed by atoms with Crippen LogP contribution in [0.4, 0.5) is 0 Å². The van der Waals surface area contributed by atoms with Crippen LogP contribution in [0.25, 0.3) is 11.1 Å². The van der Waals surface area contributed by atoms with Gasteiger partial charge in [0.15, 0.2) is 0 Å². The fourth-order valence-electron chi connectivity index (χ4n) is 10.3. The van der Waals surface area contributed by atoms with Gasteiger partial charge in [-0.2, -0.15) is 0 Å². The van der Waals surface area contributed by atoms with Gasteiger partial charge >= 0.3 is 83.6 Å². The van der Waals surface area contributed by atoms with E-state index in [1.165, 1.54) is 158 Å². The third-order valence-electron chi connectivity index (χ3n) is 17.4. The molecule has 0 heterocycles. The summed E-state index contributed by atoms with van der Waals surface area (Å²) in [6.07, 6.45) is 8.23. The molecule has 36 nitrogen and oxygen atoms in total. The van der Waals surface area contributed by atoms with Crippen molar-refractivity contribution in [2.24, 2.45) is 0 Å². The molecule has 11 aromatic carbocycles. The fourth-order valence-corrected chi connectivity index (χ4v) is 10.3. The molecule has 0 N–H and O–H groups in total. The second kappa shape index (κ2) is 57.7. The molecule has 0 fully saturated rings. The summed E-state index contributed by atoms with van der Waals surface area (Å²) >= 11 is 0. The van der Waals surface area contributed by atoms with E-state index >= 15 is 0 Å². The van der Waals surface area contributed by atoms with Crippen LogP contribution in [0.3, 0.4) is 0 Å². The first kappa shape index (κ1) is 107. The number of rotatable bonds is 45. The van der Waals surface area contributed by atoms with Crippen LogP contribution in [0.5, 0.6) is 80.5 Å². The van der Waals surface area contributed by atoms with E-state index in [2.05, 4.69) is 52.6 Å². The number of ether oxygens (including phenoxy) is 22. The van der Waals surface area contributed by atoms with Gasteiger partial charge in [-0.3, -0.25) is 0 Å². The fraction of sp³-hybridized carbons (Fsp3) is 0.0857. The van der Waals surface area contributed by atoms with E-state index in [4.69, 9.17) is 104 Å². The van der Waals surface area contributed by atoms with Gasteiger partial charge in [0.25, 0.3) is 0 Å². The molecule has 141 heavy (non-hydrogen) atoms. The summed E-state index contributed by atoms with van der Waals surface area (Å²) in [6.45, 7) is 25.8. The maximum Gasteiger partial charge on any atom is 0.343 e. The lowest BCUT2D eigenvalue weighted by atomic mass is 10.1. The maximum atomic E-state index is 12.5. The minimum atomic E-state index is -0.614. The second-order valence-electron chi connectivity index (χ2n) is 26.8. The molecule has 0 saturated heterocycles. The zero-order valence-electron chi connectivity index (χ0n) is 75.0. The summed E-state index contributed by atoms with van der Waals surface area (Å²) in [5, 5.41) is 0. The van der Waals surface area contributed by atoms with E-state index in [1.807, 2.05) is 24.3 Å². The molecular formula is C105H86O36. The van der Waals surface area contributed by atoms with E-state index in [0.717, 1.165) is 59.7 Å². The average Bonchev–Trinajstić information content (AvgIpc) is 0.856. The predicted molar refractivity (Wildman–Crippen MR) is 499 cm³/mol. The number of esters is 14. The van der Waals surface area contributed by atoms with Crippen molar-refractivity contribution in [2.75, 3.05) is 54.3 Å². The summed E-state index contributed by atoms with van der Waals surface area (Å²) in [5.41, 5.74) is 4.10. The van der Waals surface area contributed by atoms with Crippen molar-refractivity contribution in [2.45, 2.75) is 6.92 Å². The number of aryl methyl sites for hydroxylation is 1. The largest absolute Gasteiger partial charge is 0.457 e. The van der Waals surface area contributed by atoms with Gasteiger partial charge in [0.05, 0.1) is 33.4 Å². The Morgan fingerprint density at radius 1 is 0.184 bits per heavy atom. The standard InChI is InChI=1S/C29H24O10.C28H22O10.C27H22O8.C21H18O8/c1-4-26(30)36-17-34-22-10-6-20(7-11-22)28(32)38-24-14-15-25(19(3)16-24)39-29(33)21-8-12-23(13-9-21)35-18-37-27(31)5-2;1-3-25(29)35-17-33-21-9-5-19(6-10-21)27(31)37-23-13-15-24(16-14-23)38-28(32)20-7-11-22(12-8-20)34-18-36-26(30)4-2;1-3-25(28)33-17-31-22-11-5-19(6-12-22)20-7-15-24(16-8-20)35-27(30)21-9-13-23(14-10-21)32-18-34-26(29)4-2;1-3-19(22)27-13-25-16-7-5-15(6-8-16)21(24)29-18-11-9-17(10-12-18)26-14-28-20(23)4-2/h4-16H,1-2,17-18H2,3H3;3-16H,1-2,17-18H2;3-16H,1-2,17-18H2;3-12H,1-2,13-14H2. The molecule has 0 saturated carbocycles. The summed E-state index contributed by atoms with van der Waals surface area (Å²) in [7, 11) is 0. The number of benzene rings is 11. The molecule has 0 unspecified atom stereocenters. The molecule has 0 radical (unpaired) electrons. The monoisotopic (exact) mass is 1920 g/mol. The van der Waals surface area contributed by atoms with Gasteiger partial charge in [-0.15, -0.1) is 0 Å². The van der Waals surface area contributed by atoms with Crippen LogP contribution in [-0.2, 0) is 76.3 Å². The highest BCUT2D eigenvalue weighted by atomic mass is 16.7. The zero-order chi connectivity index (χ0) is 102. The van der Waals surface area contributed by atoms with E-state index in [0.29, 0.717) is 74.2 Å². The highest BCUT2D eigenvalue weighted by molar-refractivity contribution is 5.95. The van der Waals surface area contributed by atoms with Gasteiger partial charge < -0.3 is 104 Å². The van der Waals surface area contributed by atoms with E-state index in [9.17, 15) is 67.1 Å². The third-order valence-corrected chi connectivity index (χ3v) is 17.4. The minimum Gasteiger partial charge on any atom is -0.457 e. The number of hydrogen-bond donors (Lipinski definition) is 0. The minimum absolute atomic E-state index is 0.203. The van der Waals surface area contributed by atoms with Gasteiger partial charge in [-0.1, -0.05) is 76.9 Å². The lowest BCUT2D eigenvalue weighted by Gasteiger charge is -2.11. The molecule has 11 rings (SSSR count). The Balaban J connectivity index is 0.000000231. The molecular weight excluding hydrogens is 1840 g/mol. The maximum absolute atomic E-state index is 12.5. The highest BCUT2D eigenvalue weighted by Gasteiger charge is 2.19. The lowest BCUT2D eigenvalue weighted by Crippen LogP contribution is -2.11. The van der Waals surface area contributed by atoms with Crippen molar-refractivity contribution in [3.63, 3.8) is 0 Å². The molecule has 0 aromatic heterocycles. The Morgan fingerprint density at radius 2 is 0.326 bits per heavy atom. The number of carbonyl (C=O) groups is 14. The van der Waals surface area contributed by atoms with Crippen LogP contribution < -0.4 is 66.3 Å². The van der Waals surface area contributed by atoms with Crippen molar-refractivity contribution in [3.8, 4) is 91.6 Å². The average molecular weight is 1920 g/mol. The molecule has 36 heteroatoms.